The lowest BCUT2D eigenvalue weighted by Crippen LogP contribution is -2.26. The SMILES string of the molecule is CCC(C)NCCCCN=O. The molecule has 0 saturated heterocycles. The Balaban J connectivity index is 2.95. The summed E-state index contributed by atoms with van der Waals surface area (Å²) < 4.78 is 0. The maximum atomic E-state index is 9.69. The molecule has 0 spiro atoms. The van der Waals surface area contributed by atoms with Gasteiger partial charge in [0.25, 0.3) is 0 Å². The van der Waals surface area contributed by atoms with Crippen molar-refractivity contribution in [3.05, 3.63) is 4.91 Å². The molecule has 0 saturated carbocycles. The first-order valence-corrected chi connectivity index (χ1v) is 4.33. The van der Waals surface area contributed by atoms with Gasteiger partial charge in [0.2, 0.25) is 0 Å². The molecule has 3 heteroatoms. The third kappa shape index (κ3) is 7.46. The van der Waals surface area contributed by atoms with Crippen LogP contribution in [0.4, 0.5) is 0 Å². The smallest absolute Gasteiger partial charge is 0.0811 e. The third-order valence-corrected chi connectivity index (χ3v) is 1.78. The van der Waals surface area contributed by atoms with Gasteiger partial charge in [0, 0.05) is 6.04 Å². The number of unbranched alkanes of at least 4 members (excludes halogenated alkanes) is 1. The van der Waals surface area contributed by atoms with Gasteiger partial charge in [0.15, 0.2) is 0 Å². The van der Waals surface area contributed by atoms with Crippen molar-refractivity contribution < 1.29 is 0 Å². The molecule has 0 rings (SSSR count). The van der Waals surface area contributed by atoms with Crippen LogP contribution in [0.25, 0.3) is 0 Å². The fraction of sp³-hybridized carbons (Fsp3) is 1.00. The normalized spacial score (nSPS) is 12.9. The molecule has 0 aliphatic carbocycles. The molecule has 0 radical (unpaired) electrons. The Morgan fingerprint density at radius 3 is 2.73 bits per heavy atom. The van der Waals surface area contributed by atoms with Crippen molar-refractivity contribution in [2.45, 2.75) is 39.2 Å². The number of nitroso groups, excluding NO2 is 1. The Bertz CT molecular complexity index is 96.1. The summed E-state index contributed by atoms with van der Waals surface area (Å²) in [4.78, 5) is 9.69. The van der Waals surface area contributed by atoms with E-state index in [4.69, 9.17) is 0 Å². The molecule has 11 heavy (non-hydrogen) atoms. The second-order valence-electron chi connectivity index (χ2n) is 2.82. The zero-order chi connectivity index (χ0) is 8.53. The molecule has 1 N–H and O–H groups in total. The molecule has 0 fully saturated rings. The van der Waals surface area contributed by atoms with Gasteiger partial charge in [-0.1, -0.05) is 12.1 Å². The number of hydrogen-bond donors (Lipinski definition) is 1. The predicted molar refractivity (Wildman–Crippen MR) is 47.7 cm³/mol. The van der Waals surface area contributed by atoms with Crippen molar-refractivity contribution in [1.82, 2.24) is 5.32 Å². The highest BCUT2D eigenvalue weighted by Crippen LogP contribution is 1.91. The molecule has 0 aromatic rings. The molecule has 66 valence electrons. The van der Waals surface area contributed by atoms with Gasteiger partial charge in [-0.05, 0) is 32.7 Å². The molecule has 0 aliphatic rings. The second kappa shape index (κ2) is 7.66. The summed E-state index contributed by atoms with van der Waals surface area (Å²) in [6.45, 7) is 5.79. The summed E-state index contributed by atoms with van der Waals surface area (Å²) in [6.07, 6.45) is 3.12. The lowest BCUT2D eigenvalue weighted by Gasteiger charge is -2.09. The van der Waals surface area contributed by atoms with Gasteiger partial charge in [-0.15, -0.1) is 0 Å². The van der Waals surface area contributed by atoms with Gasteiger partial charge in [-0.25, -0.2) is 0 Å². The Hall–Kier alpha value is -0.440. The van der Waals surface area contributed by atoms with E-state index in [9.17, 15) is 4.91 Å². The Kier molecular flexibility index (Phi) is 7.36. The molecule has 0 bridgehead atoms. The highest BCUT2D eigenvalue weighted by molar-refractivity contribution is 4.57. The Labute approximate surface area is 68.5 Å². The Morgan fingerprint density at radius 1 is 1.45 bits per heavy atom. The van der Waals surface area contributed by atoms with Gasteiger partial charge >= 0.3 is 0 Å². The fourth-order valence-electron chi connectivity index (χ4n) is 0.794. The summed E-state index contributed by atoms with van der Waals surface area (Å²) in [6, 6.07) is 0.596. The first kappa shape index (κ1) is 10.6. The van der Waals surface area contributed by atoms with Gasteiger partial charge < -0.3 is 5.32 Å². The summed E-state index contributed by atoms with van der Waals surface area (Å²) in [5.41, 5.74) is 0. The van der Waals surface area contributed by atoms with Gasteiger partial charge in [0.05, 0.1) is 6.54 Å². The summed E-state index contributed by atoms with van der Waals surface area (Å²) >= 11 is 0. The van der Waals surface area contributed by atoms with E-state index in [1.807, 2.05) is 0 Å². The van der Waals surface area contributed by atoms with E-state index in [0.717, 1.165) is 25.8 Å². The van der Waals surface area contributed by atoms with Crippen LogP contribution in [-0.2, 0) is 0 Å². The number of hydrogen-bond acceptors (Lipinski definition) is 3. The topological polar surface area (TPSA) is 41.5 Å². The van der Waals surface area contributed by atoms with Crippen LogP contribution in [0, 0.1) is 4.91 Å². The van der Waals surface area contributed by atoms with E-state index in [1.54, 1.807) is 0 Å². The number of nitrogens with zero attached hydrogens (tertiary/aromatic N) is 1. The fourth-order valence-corrected chi connectivity index (χ4v) is 0.794. The van der Waals surface area contributed by atoms with Crippen molar-refractivity contribution in [1.29, 1.82) is 0 Å². The molecule has 0 aromatic carbocycles. The maximum absolute atomic E-state index is 9.69. The van der Waals surface area contributed by atoms with Crippen molar-refractivity contribution in [3.63, 3.8) is 0 Å². The van der Waals surface area contributed by atoms with Crippen molar-refractivity contribution in [3.8, 4) is 0 Å². The van der Waals surface area contributed by atoms with Crippen LogP contribution in [0.2, 0.25) is 0 Å². The van der Waals surface area contributed by atoms with E-state index in [2.05, 4.69) is 24.3 Å². The monoisotopic (exact) mass is 158 g/mol. The largest absolute Gasteiger partial charge is 0.314 e. The summed E-state index contributed by atoms with van der Waals surface area (Å²) in [5, 5.41) is 6.14. The zero-order valence-electron chi connectivity index (χ0n) is 7.47. The predicted octanol–water partition coefficient (Wildman–Crippen LogP) is 1.92. The molecule has 0 heterocycles. The zero-order valence-corrected chi connectivity index (χ0v) is 7.47. The van der Waals surface area contributed by atoms with Crippen molar-refractivity contribution in [2.75, 3.05) is 13.1 Å². The van der Waals surface area contributed by atoms with E-state index < -0.39 is 0 Å². The van der Waals surface area contributed by atoms with Crippen LogP contribution in [0.1, 0.15) is 33.1 Å². The van der Waals surface area contributed by atoms with Crippen molar-refractivity contribution >= 4 is 0 Å². The minimum atomic E-state index is 0.461. The molecule has 0 amide bonds. The van der Waals surface area contributed by atoms with Crippen LogP contribution < -0.4 is 5.32 Å². The lowest BCUT2D eigenvalue weighted by molar-refractivity contribution is 0.518. The van der Waals surface area contributed by atoms with Crippen molar-refractivity contribution in [2.24, 2.45) is 5.18 Å². The van der Waals surface area contributed by atoms with Gasteiger partial charge in [-0.3, -0.25) is 0 Å². The molecule has 3 nitrogen and oxygen atoms in total. The van der Waals surface area contributed by atoms with E-state index in [1.165, 1.54) is 0 Å². The number of rotatable bonds is 7. The minimum Gasteiger partial charge on any atom is -0.314 e. The first-order valence-electron chi connectivity index (χ1n) is 4.33. The third-order valence-electron chi connectivity index (χ3n) is 1.78. The van der Waals surface area contributed by atoms with E-state index in [-0.39, 0.29) is 0 Å². The highest BCUT2D eigenvalue weighted by atomic mass is 16.3. The average Bonchev–Trinajstić information content (AvgIpc) is 2.04. The molecular weight excluding hydrogens is 140 g/mol. The van der Waals surface area contributed by atoms with Crippen LogP contribution >= 0.6 is 0 Å². The summed E-state index contributed by atoms with van der Waals surface area (Å²) in [5.74, 6) is 0. The summed E-state index contributed by atoms with van der Waals surface area (Å²) in [7, 11) is 0. The highest BCUT2D eigenvalue weighted by Gasteiger charge is 1.95. The minimum absolute atomic E-state index is 0.461. The van der Waals surface area contributed by atoms with Gasteiger partial charge in [-0.2, -0.15) is 4.91 Å². The molecule has 1 unspecified atom stereocenters. The first-order chi connectivity index (χ1) is 5.31. The van der Waals surface area contributed by atoms with Crippen LogP contribution in [0.5, 0.6) is 0 Å². The van der Waals surface area contributed by atoms with Crippen LogP contribution in [0.15, 0.2) is 5.18 Å². The molecule has 0 aliphatic heterocycles. The average molecular weight is 158 g/mol. The standard InChI is InChI=1S/C8H18N2O/c1-3-8(2)9-6-4-5-7-10-11/h8-9H,3-7H2,1-2H3. The lowest BCUT2D eigenvalue weighted by atomic mass is 10.2. The van der Waals surface area contributed by atoms with Crippen LogP contribution in [0.3, 0.4) is 0 Å². The molecule has 0 aromatic heterocycles. The Morgan fingerprint density at radius 2 is 2.18 bits per heavy atom. The number of nitrogens with one attached hydrogen (secondary N) is 1. The molecule has 1 atom stereocenters. The molecular formula is C8H18N2O. The van der Waals surface area contributed by atoms with Crippen LogP contribution in [-0.4, -0.2) is 19.1 Å². The van der Waals surface area contributed by atoms with E-state index >= 15 is 0 Å². The van der Waals surface area contributed by atoms with E-state index in [0.29, 0.717) is 12.6 Å². The maximum Gasteiger partial charge on any atom is 0.0811 e. The second-order valence-corrected chi connectivity index (χ2v) is 2.82. The quantitative estimate of drug-likeness (QED) is 0.454. The van der Waals surface area contributed by atoms with Gasteiger partial charge in [0.1, 0.15) is 0 Å².